The van der Waals surface area contributed by atoms with E-state index in [1.54, 1.807) is 6.07 Å². The molecule has 0 saturated heterocycles. The first kappa shape index (κ1) is 39.4. The molecule has 0 spiro atoms. The van der Waals surface area contributed by atoms with Gasteiger partial charge in [0.25, 0.3) is 5.91 Å². The molecule has 1 aliphatic rings. The summed E-state index contributed by atoms with van der Waals surface area (Å²) in [6, 6.07) is 19.0. The first-order valence-electron chi connectivity index (χ1n) is 18.1. The summed E-state index contributed by atoms with van der Waals surface area (Å²) in [7, 11) is 8.23. The minimum atomic E-state index is -0.720. The molecule has 3 aromatic rings. The number of carbonyl (C=O) groups is 2. The summed E-state index contributed by atoms with van der Waals surface area (Å²) in [5.74, 6) is 0.0796. The van der Waals surface area contributed by atoms with Crippen LogP contribution in [0.3, 0.4) is 0 Å². The quantitative estimate of drug-likeness (QED) is 0.0620. The third-order valence-electron chi connectivity index (χ3n) is 10.5. The van der Waals surface area contributed by atoms with Gasteiger partial charge in [-0.25, -0.2) is 0 Å². The number of ether oxygens (including phenoxy) is 2. The fraction of sp³-hybridized carbons (Fsp3) is 0.524. The Bertz CT molecular complexity index is 1570. The van der Waals surface area contributed by atoms with Gasteiger partial charge in [0.1, 0.15) is 6.73 Å². The van der Waals surface area contributed by atoms with Crippen molar-refractivity contribution in [3.8, 4) is 0 Å². The number of hydrogen-bond donors (Lipinski definition) is 1. The number of ketones is 1. The fourth-order valence-corrected chi connectivity index (χ4v) is 7.31. The summed E-state index contributed by atoms with van der Waals surface area (Å²) in [6.07, 6.45) is 4.91. The van der Waals surface area contributed by atoms with Gasteiger partial charge in [-0.05, 0) is 84.3 Å². The van der Waals surface area contributed by atoms with Gasteiger partial charge in [0.2, 0.25) is 0 Å². The molecule has 4 rings (SSSR count). The van der Waals surface area contributed by atoms with E-state index in [-0.39, 0.29) is 29.8 Å². The van der Waals surface area contributed by atoms with Gasteiger partial charge >= 0.3 is 0 Å². The molecule has 0 bridgehead atoms. The lowest BCUT2D eigenvalue weighted by Crippen LogP contribution is -2.41. The number of alkyl halides is 1. The molecule has 272 valence electrons. The van der Waals surface area contributed by atoms with Gasteiger partial charge in [-0.3, -0.25) is 9.59 Å². The number of halogens is 1. The van der Waals surface area contributed by atoms with Crippen molar-refractivity contribution in [2.75, 3.05) is 70.4 Å². The number of benzene rings is 3. The molecule has 0 aliphatic heterocycles. The minimum Gasteiger partial charge on any atom is -0.379 e. The molecule has 1 unspecified atom stereocenters. The highest BCUT2D eigenvalue weighted by atomic mass is 35.5. The van der Waals surface area contributed by atoms with Crippen LogP contribution in [-0.4, -0.2) is 72.3 Å². The van der Waals surface area contributed by atoms with Crippen LogP contribution in [0.25, 0.3) is 0 Å². The summed E-state index contributed by atoms with van der Waals surface area (Å²) in [5.41, 5.74) is 7.56. The highest BCUT2D eigenvalue weighted by molar-refractivity contribution is 6.17. The number of nitrogens with zero attached hydrogens (tertiary/aromatic N) is 2. The molecule has 0 heterocycles. The van der Waals surface area contributed by atoms with Crippen molar-refractivity contribution in [1.82, 2.24) is 5.32 Å². The summed E-state index contributed by atoms with van der Waals surface area (Å²) in [5, 5.41) is 2.92. The molecule has 1 N–H and O–H groups in total. The molecule has 7 nitrogen and oxygen atoms in total. The zero-order valence-corrected chi connectivity index (χ0v) is 32.5. The van der Waals surface area contributed by atoms with Gasteiger partial charge in [-0.2, -0.15) is 0 Å². The zero-order chi connectivity index (χ0) is 36.6. The smallest absolute Gasteiger partial charge is 0.253 e. The Balaban J connectivity index is 1.75. The predicted molar refractivity (Wildman–Crippen MR) is 208 cm³/mol. The highest BCUT2D eigenvalue weighted by Gasteiger charge is 2.47. The molecular formula is C42H58ClN3O4. The first-order chi connectivity index (χ1) is 23.8. The standard InChI is InChI=1S/C42H58ClN3O4/c1-10-29(2)39(47)38-32(40(48)44-28-50-25-24-49-23-14-12-11-13-22-43)16-15-17-35(38)42(5)33-20-18-30(45(6)7)26-36(33)41(3,4)37-27-31(46(8)9)19-21-34(37)42/h15-21,26-27,29H,10-14,22-25,28H2,1-9H3,(H,44,48). The van der Waals surface area contributed by atoms with Crippen LogP contribution in [0.1, 0.15) is 115 Å². The maximum Gasteiger partial charge on any atom is 0.253 e. The normalized spacial score (nSPS) is 14.8. The minimum absolute atomic E-state index is 0.0247. The number of Topliss-reactive ketones (excluding diaryl/α,β-unsaturated/α-hetero) is 1. The SMILES string of the molecule is CCC(C)C(=O)c1c(C(=O)NCOCCOCCCCCCCl)cccc1C1(C)c2ccc(N(C)C)cc2C(C)(C)c2cc(N(C)C)ccc21. The summed E-state index contributed by atoms with van der Waals surface area (Å²) in [6.45, 7) is 12.3. The number of anilines is 2. The van der Waals surface area contributed by atoms with Gasteiger partial charge < -0.3 is 24.6 Å². The van der Waals surface area contributed by atoms with E-state index >= 15 is 0 Å². The summed E-state index contributed by atoms with van der Waals surface area (Å²) >= 11 is 5.74. The van der Waals surface area contributed by atoms with Crippen molar-refractivity contribution >= 4 is 34.7 Å². The van der Waals surface area contributed by atoms with E-state index in [2.05, 4.69) is 100 Å². The Hall–Kier alpha value is -3.39. The predicted octanol–water partition coefficient (Wildman–Crippen LogP) is 8.56. The van der Waals surface area contributed by atoms with E-state index in [0.717, 1.165) is 53.7 Å². The van der Waals surface area contributed by atoms with Gasteiger partial charge in [-0.1, -0.05) is 64.8 Å². The number of hydrogen-bond acceptors (Lipinski definition) is 6. The van der Waals surface area contributed by atoms with Crippen molar-refractivity contribution in [3.63, 3.8) is 0 Å². The maximum absolute atomic E-state index is 14.5. The molecule has 0 aromatic heterocycles. The average Bonchev–Trinajstić information content (AvgIpc) is 3.11. The van der Waals surface area contributed by atoms with E-state index in [1.807, 2.05) is 26.0 Å². The van der Waals surface area contributed by atoms with Crippen LogP contribution in [0.5, 0.6) is 0 Å². The number of carbonyl (C=O) groups excluding carboxylic acids is 2. The van der Waals surface area contributed by atoms with Crippen LogP contribution < -0.4 is 15.1 Å². The van der Waals surface area contributed by atoms with Crippen LogP contribution in [0.15, 0.2) is 54.6 Å². The van der Waals surface area contributed by atoms with E-state index in [0.29, 0.717) is 43.2 Å². The van der Waals surface area contributed by atoms with Gasteiger partial charge in [0, 0.05) is 74.4 Å². The van der Waals surface area contributed by atoms with Crippen LogP contribution >= 0.6 is 11.6 Å². The molecule has 0 radical (unpaired) electrons. The molecule has 8 heteroatoms. The molecular weight excluding hydrogens is 646 g/mol. The summed E-state index contributed by atoms with van der Waals surface area (Å²) in [4.78, 5) is 32.6. The topological polar surface area (TPSA) is 71.1 Å². The van der Waals surface area contributed by atoms with Crippen molar-refractivity contribution in [3.05, 3.63) is 93.5 Å². The van der Waals surface area contributed by atoms with Crippen molar-refractivity contribution in [2.45, 2.75) is 77.6 Å². The van der Waals surface area contributed by atoms with E-state index in [1.165, 1.54) is 11.1 Å². The van der Waals surface area contributed by atoms with Crippen molar-refractivity contribution in [2.24, 2.45) is 5.92 Å². The molecule has 50 heavy (non-hydrogen) atoms. The van der Waals surface area contributed by atoms with E-state index in [4.69, 9.17) is 21.1 Å². The Morgan fingerprint density at radius 1 is 0.760 bits per heavy atom. The Kier molecular flexibility index (Phi) is 13.6. The Labute approximate surface area is 305 Å². The van der Waals surface area contributed by atoms with Crippen LogP contribution in [-0.2, 0) is 20.3 Å². The molecule has 3 aromatic carbocycles. The Morgan fingerprint density at radius 3 is 1.90 bits per heavy atom. The molecule has 1 atom stereocenters. The van der Waals surface area contributed by atoms with Crippen molar-refractivity contribution < 1.29 is 19.1 Å². The zero-order valence-electron chi connectivity index (χ0n) is 31.7. The lowest BCUT2D eigenvalue weighted by Gasteiger charge is -2.47. The number of amides is 1. The van der Waals surface area contributed by atoms with Crippen molar-refractivity contribution in [1.29, 1.82) is 0 Å². The third kappa shape index (κ3) is 8.22. The van der Waals surface area contributed by atoms with Gasteiger partial charge in [0.05, 0.1) is 18.8 Å². The number of unbranched alkanes of at least 4 members (excludes halogenated alkanes) is 3. The molecule has 0 fully saturated rings. The second kappa shape index (κ2) is 17.2. The van der Waals surface area contributed by atoms with Crippen LogP contribution in [0.4, 0.5) is 11.4 Å². The number of fused-ring (bicyclic) bond motifs is 2. The third-order valence-corrected chi connectivity index (χ3v) is 10.8. The number of nitrogens with one attached hydrogen (secondary N) is 1. The lowest BCUT2D eigenvalue weighted by atomic mass is 9.56. The molecule has 1 amide bonds. The largest absolute Gasteiger partial charge is 0.379 e. The molecule has 1 aliphatic carbocycles. The summed E-state index contributed by atoms with van der Waals surface area (Å²) < 4.78 is 11.4. The van der Waals surface area contributed by atoms with Gasteiger partial charge in [-0.15, -0.1) is 11.6 Å². The van der Waals surface area contributed by atoms with E-state index < -0.39 is 5.41 Å². The second-order valence-electron chi connectivity index (χ2n) is 14.7. The first-order valence-corrected chi connectivity index (χ1v) is 18.7. The molecule has 0 saturated carbocycles. The highest BCUT2D eigenvalue weighted by Crippen LogP contribution is 2.55. The maximum atomic E-state index is 14.5. The van der Waals surface area contributed by atoms with Crippen LogP contribution in [0, 0.1) is 5.92 Å². The average molecular weight is 704 g/mol. The van der Waals surface area contributed by atoms with Crippen LogP contribution in [0.2, 0.25) is 0 Å². The monoisotopic (exact) mass is 703 g/mol. The van der Waals surface area contributed by atoms with Gasteiger partial charge in [0.15, 0.2) is 5.78 Å². The van der Waals surface area contributed by atoms with E-state index in [9.17, 15) is 9.59 Å². The second-order valence-corrected chi connectivity index (χ2v) is 15.1. The fourth-order valence-electron chi connectivity index (χ4n) is 7.12. The lowest BCUT2D eigenvalue weighted by molar-refractivity contribution is 0.0375. The Morgan fingerprint density at radius 2 is 1.34 bits per heavy atom. The number of rotatable bonds is 18.